The van der Waals surface area contributed by atoms with Crippen LogP contribution in [0.2, 0.25) is 0 Å². The first-order valence-corrected chi connectivity index (χ1v) is 7.19. The third-order valence-electron chi connectivity index (χ3n) is 3.24. The Labute approximate surface area is 122 Å². The number of nitrogens with one attached hydrogen (secondary N) is 1. The number of benzene rings is 1. The molecule has 0 fully saturated rings. The van der Waals surface area contributed by atoms with E-state index in [1.54, 1.807) is 0 Å². The zero-order valence-electron chi connectivity index (χ0n) is 10.7. The van der Waals surface area contributed by atoms with Crippen LogP contribution in [0.1, 0.15) is 23.7 Å². The Morgan fingerprint density at radius 2 is 2.11 bits per heavy atom. The van der Waals surface area contributed by atoms with Gasteiger partial charge in [0, 0.05) is 28.6 Å². The fourth-order valence-corrected chi connectivity index (χ4v) is 2.92. The number of halogens is 1. The molecule has 0 saturated carbocycles. The topological polar surface area (TPSA) is 29.9 Å². The van der Waals surface area contributed by atoms with Crippen LogP contribution in [0.15, 0.2) is 36.5 Å². The Kier molecular flexibility index (Phi) is 4.77. The van der Waals surface area contributed by atoms with E-state index in [0.29, 0.717) is 6.04 Å². The predicted octanol–water partition coefficient (Wildman–Crippen LogP) is 2.92. The second kappa shape index (κ2) is 6.33. The normalized spacial score (nSPS) is 12.6. The van der Waals surface area contributed by atoms with Gasteiger partial charge in [-0.3, -0.25) is 4.68 Å². The second-order valence-corrected chi connectivity index (χ2v) is 5.51. The summed E-state index contributed by atoms with van der Waals surface area (Å²) < 4.78 is 3.27. The van der Waals surface area contributed by atoms with E-state index < -0.39 is 0 Å². The molecule has 1 aromatic heterocycles. The smallest absolute Gasteiger partial charge is 0.0492 e. The third-order valence-corrected chi connectivity index (χ3v) is 4.22. The van der Waals surface area contributed by atoms with Crippen LogP contribution < -0.4 is 5.32 Å². The fraction of sp³-hybridized carbons (Fsp3) is 0.357. The maximum absolute atomic E-state index is 4.21. The minimum atomic E-state index is 0.396. The lowest BCUT2D eigenvalue weighted by molar-refractivity contribution is 0.534. The van der Waals surface area contributed by atoms with Crippen LogP contribution in [-0.2, 0) is 13.5 Å². The Balaban J connectivity index is 2.07. The van der Waals surface area contributed by atoms with Gasteiger partial charge in [0.1, 0.15) is 0 Å². The van der Waals surface area contributed by atoms with Crippen LogP contribution in [0.4, 0.5) is 0 Å². The summed E-state index contributed by atoms with van der Waals surface area (Å²) in [5.41, 5.74) is 2.66. The summed E-state index contributed by atoms with van der Waals surface area (Å²) in [6.07, 6.45) is 3.97. The van der Waals surface area contributed by atoms with Gasteiger partial charge in [0.15, 0.2) is 0 Å². The number of aryl methyl sites for hydroxylation is 2. The van der Waals surface area contributed by atoms with Gasteiger partial charge in [0.25, 0.3) is 0 Å². The third kappa shape index (κ3) is 3.11. The van der Waals surface area contributed by atoms with Crippen LogP contribution in [0, 0.1) is 3.57 Å². The molecule has 0 aliphatic carbocycles. The zero-order chi connectivity index (χ0) is 13.0. The number of hydrogen-bond donors (Lipinski definition) is 1. The fourth-order valence-electron chi connectivity index (χ4n) is 2.15. The Morgan fingerprint density at radius 1 is 1.33 bits per heavy atom. The SMILES string of the molecule is CNC(CCc1ccnn1C)c1ccccc1I. The molecule has 2 aromatic rings. The van der Waals surface area contributed by atoms with Crippen molar-refractivity contribution in [3.8, 4) is 0 Å². The van der Waals surface area contributed by atoms with E-state index in [1.807, 2.05) is 25.0 Å². The molecular weight excluding hydrogens is 337 g/mol. The average Bonchev–Trinajstić information content (AvgIpc) is 2.78. The molecule has 1 atom stereocenters. The van der Waals surface area contributed by atoms with Crippen molar-refractivity contribution in [1.29, 1.82) is 0 Å². The summed E-state index contributed by atoms with van der Waals surface area (Å²) in [5.74, 6) is 0. The first-order chi connectivity index (χ1) is 8.72. The highest BCUT2D eigenvalue weighted by molar-refractivity contribution is 14.1. The number of aromatic nitrogens is 2. The number of rotatable bonds is 5. The molecule has 96 valence electrons. The van der Waals surface area contributed by atoms with Crippen LogP contribution in [0.5, 0.6) is 0 Å². The molecule has 18 heavy (non-hydrogen) atoms. The van der Waals surface area contributed by atoms with Gasteiger partial charge in [-0.15, -0.1) is 0 Å². The minimum Gasteiger partial charge on any atom is -0.313 e. The highest BCUT2D eigenvalue weighted by Gasteiger charge is 2.12. The lowest BCUT2D eigenvalue weighted by atomic mass is 10.0. The van der Waals surface area contributed by atoms with Crippen LogP contribution in [-0.4, -0.2) is 16.8 Å². The Bertz CT molecular complexity index is 507. The van der Waals surface area contributed by atoms with Gasteiger partial charge in [0.2, 0.25) is 0 Å². The van der Waals surface area contributed by atoms with Gasteiger partial charge < -0.3 is 5.32 Å². The largest absolute Gasteiger partial charge is 0.313 e. The first kappa shape index (κ1) is 13.5. The second-order valence-electron chi connectivity index (χ2n) is 4.35. The zero-order valence-corrected chi connectivity index (χ0v) is 12.9. The van der Waals surface area contributed by atoms with Gasteiger partial charge in [-0.1, -0.05) is 18.2 Å². The van der Waals surface area contributed by atoms with Crippen molar-refractivity contribution in [2.45, 2.75) is 18.9 Å². The highest BCUT2D eigenvalue weighted by atomic mass is 127. The van der Waals surface area contributed by atoms with E-state index in [1.165, 1.54) is 14.8 Å². The molecule has 0 saturated heterocycles. The van der Waals surface area contributed by atoms with Crippen molar-refractivity contribution in [2.24, 2.45) is 7.05 Å². The molecule has 4 heteroatoms. The number of hydrogen-bond acceptors (Lipinski definition) is 2. The summed E-state index contributed by atoms with van der Waals surface area (Å²) in [7, 11) is 4.02. The quantitative estimate of drug-likeness (QED) is 0.836. The van der Waals surface area contributed by atoms with Gasteiger partial charge >= 0.3 is 0 Å². The highest BCUT2D eigenvalue weighted by Crippen LogP contribution is 2.23. The minimum absolute atomic E-state index is 0.396. The van der Waals surface area contributed by atoms with Crippen LogP contribution in [0.3, 0.4) is 0 Å². The lowest BCUT2D eigenvalue weighted by Gasteiger charge is -2.18. The molecule has 1 heterocycles. The molecule has 0 aliphatic rings. The molecule has 3 nitrogen and oxygen atoms in total. The standard InChI is InChI=1S/C14H18IN3/c1-16-14(12-5-3-4-6-13(12)15)8-7-11-9-10-17-18(11)2/h3-6,9-10,14,16H,7-8H2,1-2H3. The van der Waals surface area contributed by atoms with Gasteiger partial charge in [-0.25, -0.2) is 0 Å². The van der Waals surface area contributed by atoms with E-state index >= 15 is 0 Å². The van der Waals surface area contributed by atoms with Crippen LogP contribution >= 0.6 is 22.6 Å². The molecule has 1 N–H and O–H groups in total. The van der Waals surface area contributed by atoms with E-state index in [-0.39, 0.29) is 0 Å². The maximum Gasteiger partial charge on any atom is 0.0492 e. The molecule has 1 aromatic carbocycles. The number of nitrogens with zero attached hydrogens (tertiary/aromatic N) is 2. The summed E-state index contributed by atoms with van der Waals surface area (Å²) >= 11 is 2.40. The molecule has 0 spiro atoms. The molecule has 2 rings (SSSR count). The predicted molar refractivity (Wildman–Crippen MR) is 82.5 cm³/mol. The molecule has 1 unspecified atom stereocenters. The van der Waals surface area contributed by atoms with E-state index in [2.05, 4.69) is 63.3 Å². The van der Waals surface area contributed by atoms with Gasteiger partial charge in [-0.2, -0.15) is 5.10 Å². The average molecular weight is 355 g/mol. The first-order valence-electron chi connectivity index (χ1n) is 6.11. The molecule has 0 aliphatic heterocycles. The molecular formula is C14H18IN3. The molecule has 0 bridgehead atoms. The van der Waals surface area contributed by atoms with E-state index in [0.717, 1.165) is 12.8 Å². The Morgan fingerprint density at radius 3 is 2.72 bits per heavy atom. The lowest BCUT2D eigenvalue weighted by Crippen LogP contribution is -2.18. The van der Waals surface area contributed by atoms with Crippen molar-refractivity contribution < 1.29 is 0 Å². The van der Waals surface area contributed by atoms with Crippen molar-refractivity contribution in [2.75, 3.05) is 7.05 Å². The summed E-state index contributed by atoms with van der Waals surface area (Å²) in [4.78, 5) is 0. The Hall–Kier alpha value is -0.880. The monoisotopic (exact) mass is 355 g/mol. The van der Waals surface area contributed by atoms with Crippen molar-refractivity contribution in [1.82, 2.24) is 15.1 Å². The summed E-state index contributed by atoms with van der Waals surface area (Å²) in [5, 5.41) is 7.61. The van der Waals surface area contributed by atoms with Crippen molar-refractivity contribution >= 4 is 22.6 Å². The summed E-state index contributed by atoms with van der Waals surface area (Å²) in [6, 6.07) is 11.0. The van der Waals surface area contributed by atoms with E-state index in [9.17, 15) is 0 Å². The van der Waals surface area contributed by atoms with Gasteiger partial charge in [-0.05, 0) is 60.2 Å². The van der Waals surface area contributed by atoms with Crippen LogP contribution in [0.25, 0.3) is 0 Å². The maximum atomic E-state index is 4.21. The molecule has 0 amide bonds. The van der Waals surface area contributed by atoms with E-state index in [4.69, 9.17) is 0 Å². The van der Waals surface area contributed by atoms with Crippen molar-refractivity contribution in [3.05, 3.63) is 51.4 Å². The van der Waals surface area contributed by atoms with Gasteiger partial charge in [0.05, 0.1) is 0 Å². The summed E-state index contributed by atoms with van der Waals surface area (Å²) in [6.45, 7) is 0. The van der Waals surface area contributed by atoms with Crippen molar-refractivity contribution in [3.63, 3.8) is 0 Å². The molecule has 0 radical (unpaired) electrons.